The van der Waals surface area contributed by atoms with Gasteiger partial charge >= 0.3 is 5.97 Å². The Morgan fingerprint density at radius 2 is 1.87 bits per heavy atom. The summed E-state index contributed by atoms with van der Waals surface area (Å²) in [6.07, 6.45) is 5.02. The molecule has 2 fully saturated rings. The molecule has 0 aromatic carbocycles. The molecule has 1 aromatic heterocycles. The van der Waals surface area contributed by atoms with Crippen molar-refractivity contribution in [3.05, 3.63) is 28.7 Å². The molecule has 2 amide bonds. The van der Waals surface area contributed by atoms with Crippen LogP contribution in [-0.2, 0) is 14.3 Å². The second-order valence-electron chi connectivity index (χ2n) is 6.31. The van der Waals surface area contributed by atoms with Gasteiger partial charge in [0.25, 0.3) is 0 Å². The van der Waals surface area contributed by atoms with Crippen molar-refractivity contribution in [1.29, 1.82) is 0 Å². The number of esters is 1. The summed E-state index contributed by atoms with van der Waals surface area (Å²) in [6, 6.07) is 1.69. The Kier molecular flexibility index (Phi) is 3.20. The van der Waals surface area contributed by atoms with Crippen LogP contribution >= 0.6 is 11.3 Å². The summed E-state index contributed by atoms with van der Waals surface area (Å²) in [7, 11) is 0. The number of thiophene rings is 1. The number of rotatable bonds is 3. The van der Waals surface area contributed by atoms with Crippen LogP contribution in [0.15, 0.2) is 18.2 Å². The average Bonchev–Trinajstić information content (AvgIpc) is 3.23. The number of aryl methyl sites for hydroxylation is 1. The van der Waals surface area contributed by atoms with E-state index in [-0.39, 0.29) is 42.1 Å². The summed E-state index contributed by atoms with van der Waals surface area (Å²) < 4.78 is 5.07. The number of allylic oxidation sites excluding steroid dienone is 2. The molecule has 23 heavy (non-hydrogen) atoms. The molecule has 4 rings (SSSR count). The highest BCUT2D eigenvalue weighted by atomic mass is 32.1. The van der Waals surface area contributed by atoms with Crippen LogP contribution in [0.25, 0.3) is 0 Å². The molecule has 0 unspecified atom stereocenters. The molecule has 2 aliphatic carbocycles. The van der Waals surface area contributed by atoms with Crippen LogP contribution in [-0.4, -0.2) is 24.4 Å². The monoisotopic (exact) mass is 331 g/mol. The lowest BCUT2D eigenvalue weighted by Crippen LogP contribution is -2.33. The maximum Gasteiger partial charge on any atom is 0.341 e. The van der Waals surface area contributed by atoms with E-state index in [0.717, 1.165) is 11.3 Å². The normalized spacial score (nSPS) is 31.1. The number of hydrogen-bond acceptors (Lipinski definition) is 5. The Bertz CT molecular complexity index is 720. The van der Waals surface area contributed by atoms with E-state index in [0.29, 0.717) is 10.6 Å². The quantitative estimate of drug-likeness (QED) is 0.485. The highest BCUT2D eigenvalue weighted by molar-refractivity contribution is 7.17. The van der Waals surface area contributed by atoms with Crippen molar-refractivity contribution in [3.8, 4) is 0 Å². The Morgan fingerprint density at radius 3 is 2.43 bits per heavy atom. The zero-order chi connectivity index (χ0) is 16.3. The third-order valence-corrected chi connectivity index (χ3v) is 6.04. The summed E-state index contributed by atoms with van der Waals surface area (Å²) >= 11 is 1.30. The van der Waals surface area contributed by atoms with Crippen molar-refractivity contribution in [2.75, 3.05) is 11.5 Å². The molecular formula is C17H17NO4S. The number of nitrogens with zero attached hydrogens (tertiary/aromatic N) is 1. The molecule has 3 aliphatic rings. The van der Waals surface area contributed by atoms with Gasteiger partial charge < -0.3 is 4.74 Å². The standard InChI is InChI=1S/C17H17NO4S/c1-3-22-17(21)11-6-8(2)23-16(11)18-14(19)12-9-4-5-10(7-9)13(12)15(18)20/h4-6,9-10,12-13H,3,7H2,1-2H3/t9-,10-,12-,13-/m0/s1. The zero-order valence-electron chi connectivity index (χ0n) is 12.9. The number of carbonyl (C=O) groups excluding carboxylic acids is 3. The molecule has 1 aliphatic heterocycles. The van der Waals surface area contributed by atoms with Crippen molar-refractivity contribution in [2.24, 2.45) is 23.7 Å². The van der Waals surface area contributed by atoms with E-state index in [2.05, 4.69) is 12.2 Å². The Hall–Kier alpha value is -1.95. The number of anilines is 1. The highest BCUT2D eigenvalue weighted by Gasteiger charge is 2.60. The zero-order valence-corrected chi connectivity index (χ0v) is 13.8. The number of imide groups is 1. The van der Waals surface area contributed by atoms with Crippen LogP contribution in [0.2, 0.25) is 0 Å². The van der Waals surface area contributed by atoms with Crippen molar-refractivity contribution in [3.63, 3.8) is 0 Å². The van der Waals surface area contributed by atoms with Gasteiger partial charge in [-0.05, 0) is 38.2 Å². The molecule has 1 saturated carbocycles. The lowest BCUT2D eigenvalue weighted by Gasteiger charge is -2.16. The summed E-state index contributed by atoms with van der Waals surface area (Å²) in [5.41, 5.74) is 0.316. The Labute approximate surface area is 137 Å². The first-order valence-corrected chi connectivity index (χ1v) is 8.68. The van der Waals surface area contributed by atoms with E-state index in [1.807, 2.05) is 6.92 Å². The van der Waals surface area contributed by atoms with E-state index in [1.165, 1.54) is 16.2 Å². The van der Waals surface area contributed by atoms with Gasteiger partial charge in [-0.1, -0.05) is 12.2 Å². The number of fused-ring (bicyclic) bond motifs is 5. The highest BCUT2D eigenvalue weighted by Crippen LogP contribution is 2.54. The average molecular weight is 331 g/mol. The van der Waals surface area contributed by atoms with Crippen molar-refractivity contribution >= 4 is 34.1 Å². The fourth-order valence-electron chi connectivity index (χ4n) is 4.13. The smallest absolute Gasteiger partial charge is 0.341 e. The van der Waals surface area contributed by atoms with E-state index in [1.54, 1.807) is 13.0 Å². The first-order chi connectivity index (χ1) is 11.0. The number of ether oxygens (including phenoxy) is 1. The summed E-state index contributed by atoms with van der Waals surface area (Å²) in [5.74, 6) is -0.985. The van der Waals surface area contributed by atoms with Crippen molar-refractivity contribution in [2.45, 2.75) is 20.3 Å². The molecule has 4 atom stereocenters. The van der Waals surface area contributed by atoms with Crippen molar-refractivity contribution < 1.29 is 19.1 Å². The molecule has 0 N–H and O–H groups in total. The second kappa shape index (κ2) is 5.03. The van der Waals surface area contributed by atoms with Gasteiger partial charge in [0.1, 0.15) is 5.00 Å². The first kappa shape index (κ1) is 14.6. The molecule has 1 aromatic rings. The van der Waals surface area contributed by atoms with Gasteiger partial charge in [-0.25, -0.2) is 9.69 Å². The van der Waals surface area contributed by atoms with Crippen LogP contribution in [0.4, 0.5) is 5.00 Å². The van der Waals surface area contributed by atoms with Gasteiger partial charge in [0, 0.05) is 4.88 Å². The molecule has 1 saturated heterocycles. The fourth-order valence-corrected chi connectivity index (χ4v) is 5.13. The SMILES string of the molecule is CCOC(=O)c1cc(C)sc1N1C(=O)[C@@H]2[C@@H](C1=O)[C@H]1C=C[C@H]2C1. The van der Waals surface area contributed by atoms with Gasteiger partial charge in [0.15, 0.2) is 0 Å². The number of carbonyl (C=O) groups is 3. The van der Waals surface area contributed by atoms with Crippen LogP contribution in [0.3, 0.4) is 0 Å². The largest absolute Gasteiger partial charge is 0.462 e. The summed E-state index contributed by atoms with van der Waals surface area (Å²) in [4.78, 5) is 40.0. The second-order valence-corrected chi connectivity index (χ2v) is 7.54. The third-order valence-electron chi connectivity index (χ3n) is 5.00. The van der Waals surface area contributed by atoms with Gasteiger partial charge in [-0.3, -0.25) is 9.59 Å². The molecule has 2 heterocycles. The Balaban J connectivity index is 1.74. The topological polar surface area (TPSA) is 63.7 Å². The first-order valence-electron chi connectivity index (χ1n) is 7.86. The van der Waals surface area contributed by atoms with Crippen LogP contribution in [0, 0.1) is 30.6 Å². The summed E-state index contributed by atoms with van der Waals surface area (Å²) in [5, 5.41) is 0.421. The molecule has 2 bridgehead atoms. The van der Waals surface area contributed by atoms with Crippen LogP contribution < -0.4 is 4.90 Å². The maximum absolute atomic E-state index is 12.9. The van der Waals surface area contributed by atoms with E-state index in [4.69, 9.17) is 4.74 Å². The van der Waals surface area contributed by atoms with Crippen molar-refractivity contribution in [1.82, 2.24) is 0 Å². The minimum absolute atomic E-state index is 0.163. The molecule has 0 radical (unpaired) electrons. The maximum atomic E-state index is 12.9. The van der Waals surface area contributed by atoms with Crippen LogP contribution in [0.5, 0.6) is 0 Å². The minimum Gasteiger partial charge on any atom is -0.462 e. The molecule has 120 valence electrons. The van der Waals surface area contributed by atoms with Gasteiger partial charge in [0.2, 0.25) is 11.8 Å². The Morgan fingerprint density at radius 1 is 1.26 bits per heavy atom. The number of hydrogen-bond donors (Lipinski definition) is 0. The minimum atomic E-state index is -0.481. The predicted molar refractivity (Wildman–Crippen MR) is 85.2 cm³/mol. The molecular weight excluding hydrogens is 314 g/mol. The molecule has 5 nitrogen and oxygen atoms in total. The van der Waals surface area contributed by atoms with Gasteiger partial charge in [-0.2, -0.15) is 0 Å². The molecule has 6 heteroatoms. The fraction of sp³-hybridized carbons (Fsp3) is 0.471. The van der Waals surface area contributed by atoms with E-state index < -0.39 is 5.97 Å². The van der Waals surface area contributed by atoms with Gasteiger partial charge in [0.05, 0.1) is 24.0 Å². The lowest BCUT2D eigenvalue weighted by molar-refractivity contribution is -0.123. The number of amides is 2. The lowest BCUT2D eigenvalue weighted by atomic mass is 9.85. The molecule has 0 spiro atoms. The van der Waals surface area contributed by atoms with Crippen LogP contribution in [0.1, 0.15) is 28.6 Å². The third kappa shape index (κ3) is 1.94. The van der Waals surface area contributed by atoms with E-state index >= 15 is 0 Å². The van der Waals surface area contributed by atoms with E-state index in [9.17, 15) is 14.4 Å². The predicted octanol–water partition coefficient (Wildman–Crippen LogP) is 2.54. The summed E-state index contributed by atoms with van der Waals surface area (Å²) in [6.45, 7) is 3.85. The van der Waals surface area contributed by atoms with Gasteiger partial charge in [-0.15, -0.1) is 11.3 Å².